The maximum absolute atomic E-state index is 14.9. The Morgan fingerprint density at radius 3 is 2.05 bits per heavy atom. The first-order chi connectivity index (χ1) is 19.8. The number of fused-ring (bicyclic) bond motifs is 5. The van der Waals surface area contributed by atoms with Crippen molar-refractivity contribution in [2.75, 3.05) is 7.05 Å². The van der Waals surface area contributed by atoms with Crippen LogP contribution in [0.1, 0.15) is 46.7 Å². The van der Waals surface area contributed by atoms with Crippen LogP contribution in [0.3, 0.4) is 0 Å². The summed E-state index contributed by atoms with van der Waals surface area (Å²) in [5.41, 5.74) is -0.992. The lowest BCUT2D eigenvalue weighted by molar-refractivity contribution is -0.137. The molecule has 42 heavy (non-hydrogen) atoms. The molecule has 1 aliphatic carbocycles. The zero-order valence-electron chi connectivity index (χ0n) is 21.9. The maximum Gasteiger partial charge on any atom is 0.268 e. The molecule has 4 atom stereocenters. The first kappa shape index (κ1) is 28.0. The maximum atomic E-state index is 14.9. The number of para-hydroxylation sites is 1. The number of aryl methyl sites for hydroxylation is 1. The molecule has 6 rings (SSSR count). The van der Waals surface area contributed by atoms with E-state index in [9.17, 15) is 45.1 Å². The molecular formula is C29H21F5N2O5S. The highest BCUT2D eigenvalue weighted by Crippen LogP contribution is 2.55. The molecule has 1 aliphatic heterocycles. The van der Waals surface area contributed by atoms with Gasteiger partial charge in [0, 0.05) is 18.4 Å². The van der Waals surface area contributed by atoms with Gasteiger partial charge in [-0.2, -0.15) is 0 Å². The summed E-state index contributed by atoms with van der Waals surface area (Å²) in [6.45, 7) is 1.75. The number of carbonyl (C=O) groups is 2. The van der Waals surface area contributed by atoms with Gasteiger partial charge in [-0.15, -0.1) is 0 Å². The molecule has 2 aliphatic rings. The fraction of sp³-hybridized carbons (Fsp3) is 0.241. The van der Waals surface area contributed by atoms with Crippen LogP contribution in [0.15, 0.2) is 53.4 Å². The van der Waals surface area contributed by atoms with Crippen LogP contribution in [0.4, 0.5) is 22.0 Å². The zero-order valence-corrected chi connectivity index (χ0v) is 22.7. The molecule has 1 aromatic heterocycles. The number of rotatable bonds is 4. The summed E-state index contributed by atoms with van der Waals surface area (Å²) in [5, 5.41) is 11.5. The van der Waals surface area contributed by atoms with Gasteiger partial charge in [0.15, 0.2) is 23.3 Å². The number of benzene rings is 3. The van der Waals surface area contributed by atoms with Crippen LogP contribution in [0, 0.1) is 41.9 Å². The molecule has 7 nitrogen and oxygen atoms in total. The van der Waals surface area contributed by atoms with Crippen LogP contribution in [0.25, 0.3) is 10.9 Å². The van der Waals surface area contributed by atoms with Crippen LogP contribution in [-0.4, -0.2) is 41.3 Å². The summed E-state index contributed by atoms with van der Waals surface area (Å²) < 4.78 is 101. The summed E-state index contributed by atoms with van der Waals surface area (Å²) >= 11 is 0. The molecule has 2 amide bonds. The van der Waals surface area contributed by atoms with Crippen molar-refractivity contribution in [3.8, 4) is 0 Å². The smallest absolute Gasteiger partial charge is 0.268 e. The Bertz CT molecular complexity index is 1910. The Morgan fingerprint density at radius 1 is 0.857 bits per heavy atom. The second-order valence-electron chi connectivity index (χ2n) is 10.5. The second-order valence-corrected chi connectivity index (χ2v) is 12.3. The average molecular weight is 605 g/mol. The molecule has 0 saturated carbocycles. The molecule has 3 aromatic carbocycles. The first-order valence-corrected chi connectivity index (χ1v) is 14.2. The summed E-state index contributed by atoms with van der Waals surface area (Å²) in [6, 6.07) is 11.7. The van der Waals surface area contributed by atoms with Gasteiger partial charge >= 0.3 is 0 Å². The number of halogens is 5. The minimum absolute atomic E-state index is 0.0353. The predicted molar refractivity (Wildman–Crippen MR) is 138 cm³/mol. The van der Waals surface area contributed by atoms with Crippen LogP contribution < -0.4 is 0 Å². The Kier molecular flexibility index (Phi) is 6.32. The van der Waals surface area contributed by atoms with Gasteiger partial charge in [-0.1, -0.05) is 35.9 Å². The van der Waals surface area contributed by atoms with E-state index in [-0.39, 0.29) is 27.1 Å². The van der Waals surface area contributed by atoms with E-state index < -0.39 is 86.8 Å². The van der Waals surface area contributed by atoms with E-state index in [1.807, 2.05) is 0 Å². The van der Waals surface area contributed by atoms with Gasteiger partial charge in [0.2, 0.25) is 17.6 Å². The Labute approximate surface area is 235 Å². The normalized spacial score (nSPS) is 21.1. The number of amides is 2. The minimum Gasteiger partial charge on any atom is -0.388 e. The molecule has 1 unspecified atom stereocenters. The predicted octanol–water partition coefficient (Wildman–Crippen LogP) is 4.80. The molecule has 2 heterocycles. The van der Waals surface area contributed by atoms with E-state index >= 15 is 0 Å². The van der Waals surface area contributed by atoms with Gasteiger partial charge < -0.3 is 5.11 Å². The molecule has 13 heteroatoms. The molecule has 1 saturated heterocycles. The van der Waals surface area contributed by atoms with Crippen molar-refractivity contribution >= 4 is 32.7 Å². The van der Waals surface area contributed by atoms with Gasteiger partial charge in [-0.3, -0.25) is 14.5 Å². The second kappa shape index (κ2) is 9.46. The van der Waals surface area contributed by atoms with Gasteiger partial charge in [-0.05, 0) is 37.1 Å². The summed E-state index contributed by atoms with van der Waals surface area (Å²) in [5.74, 6) is -17.1. The third kappa shape index (κ3) is 3.69. The number of carbonyl (C=O) groups excluding carboxylic acids is 2. The van der Waals surface area contributed by atoms with Gasteiger partial charge in [-0.25, -0.2) is 34.3 Å². The summed E-state index contributed by atoms with van der Waals surface area (Å²) in [6.07, 6.45) is -2.85. The van der Waals surface area contributed by atoms with Crippen molar-refractivity contribution in [1.29, 1.82) is 0 Å². The molecule has 0 radical (unpaired) electrons. The van der Waals surface area contributed by atoms with Crippen molar-refractivity contribution < 1.29 is 45.1 Å². The lowest BCUT2D eigenvalue weighted by atomic mass is 9.70. The van der Waals surface area contributed by atoms with Crippen molar-refractivity contribution in [1.82, 2.24) is 8.87 Å². The molecule has 1 fully saturated rings. The lowest BCUT2D eigenvalue weighted by Gasteiger charge is -2.34. The van der Waals surface area contributed by atoms with Crippen molar-refractivity contribution in [3.63, 3.8) is 0 Å². The summed E-state index contributed by atoms with van der Waals surface area (Å²) in [7, 11) is -3.30. The fourth-order valence-corrected chi connectivity index (χ4v) is 7.78. The zero-order chi connectivity index (χ0) is 30.4. The van der Waals surface area contributed by atoms with E-state index in [1.54, 1.807) is 19.1 Å². The largest absolute Gasteiger partial charge is 0.388 e. The van der Waals surface area contributed by atoms with Crippen molar-refractivity contribution in [2.45, 2.75) is 36.2 Å². The lowest BCUT2D eigenvalue weighted by Crippen LogP contribution is -2.32. The van der Waals surface area contributed by atoms with Crippen molar-refractivity contribution in [3.05, 3.63) is 100 Å². The quantitative estimate of drug-likeness (QED) is 0.156. The average Bonchev–Trinajstić information content (AvgIpc) is 3.43. The number of hydrogen-bond acceptors (Lipinski definition) is 5. The monoisotopic (exact) mass is 604 g/mol. The van der Waals surface area contributed by atoms with Crippen LogP contribution >= 0.6 is 0 Å². The van der Waals surface area contributed by atoms with E-state index in [2.05, 4.69) is 0 Å². The highest BCUT2D eigenvalue weighted by Gasteiger charge is 2.56. The van der Waals surface area contributed by atoms with E-state index in [1.165, 1.54) is 43.4 Å². The third-order valence-corrected chi connectivity index (χ3v) is 9.95. The van der Waals surface area contributed by atoms with Crippen LogP contribution in [0.5, 0.6) is 0 Å². The fourth-order valence-electron chi connectivity index (χ4n) is 6.20. The molecule has 1 N–H and O–H groups in total. The van der Waals surface area contributed by atoms with Crippen LogP contribution in [0.2, 0.25) is 0 Å². The van der Waals surface area contributed by atoms with Gasteiger partial charge in [0.25, 0.3) is 10.0 Å². The molecule has 4 aromatic rings. The van der Waals surface area contributed by atoms with E-state index in [0.717, 1.165) is 14.4 Å². The molecule has 218 valence electrons. The number of imide groups is 1. The number of nitrogens with zero attached hydrogens (tertiary/aromatic N) is 2. The Hall–Kier alpha value is -4.10. The number of aromatic nitrogens is 1. The van der Waals surface area contributed by atoms with Gasteiger partial charge in [0.1, 0.15) is 0 Å². The number of hydrogen-bond donors (Lipinski definition) is 1. The topological polar surface area (TPSA) is 96.7 Å². The van der Waals surface area contributed by atoms with Gasteiger partial charge in [0.05, 0.1) is 39.6 Å². The SMILES string of the molecule is Cc1ccc(S(=O)(=O)n2c3c(c4ccccc42)[C@@H](C(O)c2c(F)c(F)c(F)c(F)c2F)C[C@@H]2C(=O)N(C)C(=O)[C@H]32)cc1. The number of likely N-dealkylation sites (tertiary alicyclic amines) is 1. The number of aliphatic hydroxyl groups is 1. The van der Waals surface area contributed by atoms with Crippen LogP contribution in [-0.2, 0) is 19.6 Å². The number of aliphatic hydroxyl groups excluding tert-OH is 1. The standard InChI is InChI=1S/C29H21F5N2O5S/c1-12-7-9-13(10-8-12)42(40,41)36-17-6-4-3-5-14(17)18-15(11-16-19(26(18)36)29(39)35(2)28(16)38)27(37)20-21(30)23(32)25(34)24(33)22(20)31/h3-10,15-16,19,27,37H,11H2,1-2H3/t15-,16-,19-,27?/m0/s1. The highest BCUT2D eigenvalue weighted by molar-refractivity contribution is 7.90. The Morgan fingerprint density at radius 2 is 1.43 bits per heavy atom. The molecule has 0 bridgehead atoms. The van der Waals surface area contributed by atoms with E-state index in [4.69, 9.17) is 0 Å². The minimum atomic E-state index is -4.49. The first-order valence-electron chi connectivity index (χ1n) is 12.7. The molecule has 0 spiro atoms. The number of likely N-dealkylation sites (N-methyl/N-ethyl adjacent to an activating group) is 1. The highest BCUT2D eigenvalue weighted by atomic mass is 32.2. The Balaban J connectivity index is 1.70. The molecular weight excluding hydrogens is 583 g/mol. The summed E-state index contributed by atoms with van der Waals surface area (Å²) in [4.78, 5) is 27.2. The third-order valence-electron chi connectivity index (χ3n) is 8.21. The van der Waals surface area contributed by atoms with Crippen molar-refractivity contribution in [2.24, 2.45) is 5.92 Å². The van der Waals surface area contributed by atoms with E-state index in [0.29, 0.717) is 0 Å².